The van der Waals surface area contributed by atoms with E-state index in [0.717, 1.165) is 32.1 Å². The number of carbonyl (C=O) groups excluding carboxylic acids is 1. The molecular weight excluding hydrogens is 327 g/mol. The Morgan fingerprint density at radius 3 is 2.21 bits per heavy atom. The molecular formula is C18H27O5P. The molecule has 134 valence electrons. The van der Waals surface area contributed by atoms with Crippen LogP contribution in [-0.2, 0) is 18.1 Å². The molecule has 0 heterocycles. The Kier molecular flexibility index (Phi) is 7.63. The van der Waals surface area contributed by atoms with E-state index in [0.29, 0.717) is 5.56 Å². The smallest absolute Gasteiger partial charge is 0.291 e. The van der Waals surface area contributed by atoms with E-state index in [1.807, 2.05) is 18.2 Å². The molecule has 0 bridgehead atoms. The van der Waals surface area contributed by atoms with Crippen molar-refractivity contribution in [2.24, 2.45) is 5.92 Å². The number of benzene rings is 1. The summed E-state index contributed by atoms with van der Waals surface area (Å²) in [4.78, 5) is 13.0. The fraction of sp³-hybridized carbons (Fsp3) is 0.611. The van der Waals surface area contributed by atoms with E-state index in [4.69, 9.17) is 13.6 Å². The monoisotopic (exact) mass is 354 g/mol. The third kappa shape index (κ3) is 5.25. The molecule has 1 unspecified atom stereocenters. The van der Waals surface area contributed by atoms with Gasteiger partial charge in [0.15, 0.2) is 5.78 Å². The summed E-state index contributed by atoms with van der Waals surface area (Å²) < 4.78 is 29.0. The van der Waals surface area contributed by atoms with Crippen LogP contribution >= 0.6 is 7.82 Å². The zero-order valence-electron chi connectivity index (χ0n) is 14.5. The summed E-state index contributed by atoms with van der Waals surface area (Å²) >= 11 is 0. The number of hydrogen-bond donors (Lipinski definition) is 0. The highest BCUT2D eigenvalue weighted by atomic mass is 31.2. The molecule has 24 heavy (non-hydrogen) atoms. The van der Waals surface area contributed by atoms with Crippen molar-refractivity contribution in [3.05, 3.63) is 35.9 Å². The lowest BCUT2D eigenvalue weighted by Gasteiger charge is -2.31. The fourth-order valence-electron chi connectivity index (χ4n) is 3.11. The van der Waals surface area contributed by atoms with Crippen molar-refractivity contribution >= 4 is 13.6 Å². The summed E-state index contributed by atoms with van der Waals surface area (Å²) in [6, 6.07) is 9.01. The van der Waals surface area contributed by atoms with Gasteiger partial charge in [0.05, 0.1) is 13.2 Å². The lowest BCUT2D eigenvalue weighted by atomic mass is 9.82. The summed E-state index contributed by atoms with van der Waals surface area (Å²) in [7, 11) is -3.74. The minimum absolute atomic E-state index is 0.0423. The molecule has 0 radical (unpaired) electrons. The summed E-state index contributed by atoms with van der Waals surface area (Å²) in [5.41, 5.74) is 0.563. The van der Waals surface area contributed by atoms with Gasteiger partial charge in [0, 0.05) is 5.56 Å². The number of rotatable bonds is 9. The van der Waals surface area contributed by atoms with Gasteiger partial charge < -0.3 is 0 Å². The number of ketones is 1. The van der Waals surface area contributed by atoms with Crippen LogP contribution in [0.5, 0.6) is 0 Å². The molecule has 2 rings (SSSR count). The molecule has 0 amide bonds. The summed E-state index contributed by atoms with van der Waals surface area (Å²) in [5.74, 6) is -0.108. The van der Waals surface area contributed by atoms with Crippen molar-refractivity contribution in [1.29, 1.82) is 0 Å². The highest BCUT2D eigenvalue weighted by Crippen LogP contribution is 2.52. The molecule has 0 spiro atoms. The van der Waals surface area contributed by atoms with Crippen LogP contribution in [0.4, 0.5) is 0 Å². The first-order valence-electron chi connectivity index (χ1n) is 8.76. The van der Waals surface area contributed by atoms with E-state index < -0.39 is 13.9 Å². The number of phosphoric acid groups is 1. The van der Waals surface area contributed by atoms with Gasteiger partial charge in [-0.15, -0.1) is 0 Å². The summed E-state index contributed by atoms with van der Waals surface area (Å²) in [6.07, 6.45) is 4.26. The maximum Gasteiger partial charge on any atom is 0.475 e. The number of hydrogen-bond acceptors (Lipinski definition) is 5. The molecule has 1 fully saturated rings. The highest BCUT2D eigenvalue weighted by Gasteiger charge is 2.39. The Labute approximate surface area is 144 Å². The Morgan fingerprint density at radius 2 is 1.67 bits per heavy atom. The molecule has 0 aliphatic heterocycles. The Morgan fingerprint density at radius 1 is 1.08 bits per heavy atom. The zero-order chi connectivity index (χ0) is 17.4. The van der Waals surface area contributed by atoms with Crippen LogP contribution in [0.25, 0.3) is 0 Å². The van der Waals surface area contributed by atoms with Gasteiger partial charge in [0.1, 0.15) is 6.10 Å². The molecule has 1 saturated carbocycles. The number of carbonyl (C=O) groups is 1. The molecule has 6 heteroatoms. The third-order valence-corrected chi connectivity index (χ3v) is 5.85. The zero-order valence-corrected chi connectivity index (χ0v) is 15.4. The van der Waals surface area contributed by atoms with Gasteiger partial charge in [-0.1, -0.05) is 49.6 Å². The van der Waals surface area contributed by atoms with E-state index in [2.05, 4.69) is 0 Å². The van der Waals surface area contributed by atoms with E-state index in [1.54, 1.807) is 26.0 Å². The van der Waals surface area contributed by atoms with E-state index >= 15 is 0 Å². The van der Waals surface area contributed by atoms with Crippen LogP contribution in [0.15, 0.2) is 30.3 Å². The molecule has 0 aromatic heterocycles. The van der Waals surface area contributed by atoms with E-state index in [9.17, 15) is 9.36 Å². The molecule has 5 nitrogen and oxygen atoms in total. The quantitative estimate of drug-likeness (QED) is 0.460. The van der Waals surface area contributed by atoms with Crippen molar-refractivity contribution in [3.8, 4) is 0 Å². The minimum atomic E-state index is -3.74. The first-order valence-corrected chi connectivity index (χ1v) is 10.2. The van der Waals surface area contributed by atoms with Gasteiger partial charge in [-0.2, -0.15) is 0 Å². The van der Waals surface area contributed by atoms with Crippen molar-refractivity contribution in [2.75, 3.05) is 13.2 Å². The van der Waals surface area contributed by atoms with Crippen LogP contribution in [0.2, 0.25) is 0 Å². The predicted octanol–water partition coefficient (Wildman–Crippen LogP) is 5.02. The molecule has 0 N–H and O–H groups in total. The van der Waals surface area contributed by atoms with Crippen LogP contribution < -0.4 is 0 Å². The minimum Gasteiger partial charge on any atom is -0.291 e. The average molecular weight is 354 g/mol. The highest BCUT2D eigenvalue weighted by molar-refractivity contribution is 7.48. The van der Waals surface area contributed by atoms with Crippen molar-refractivity contribution in [3.63, 3.8) is 0 Å². The largest absolute Gasteiger partial charge is 0.475 e. The Balaban J connectivity index is 2.24. The third-order valence-electron chi connectivity index (χ3n) is 4.21. The second kappa shape index (κ2) is 9.47. The maximum absolute atomic E-state index is 13.0. The van der Waals surface area contributed by atoms with Crippen LogP contribution in [0.1, 0.15) is 56.3 Å². The van der Waals surface area contributed by atoms with E-state index in [1.165, 1.54) is 0 Å². The second-order valence-electron chi connectivity index (χ2n) is 5.94. The van der Waals surface area contributed by atoms with Crippen LogP contribution in [-0.4, -0.2) is 25.1 Å². The van der Waals surface area contributed by atoms with Crippen molar-refractivity contribution in [1.82, 2.24) is 0 Å². The molecule has 1 aromatic rings. The molecule has 1 atom stereocenters. The van der Waals surface area contributed by atoms with Gasteiger partial charge in [-0.3, -0.25) is 18.4 Å². The topological polar surface area (TPSA) is 61.8 Å². The van der Waals surface area contributed by atoms with E-state index in [-0.39, 0.29) is 24.9 Å². The van der Waals surface area contributed by atoms with Gasteiger partial charge >= 0.3 is 7.82 Å². The SMILES string of the molecule is CCOP(=O)(OCC)OC(C(=O)c1ccccc1)C1CCCCC1. The van der Waals surface area contributed by atoms with Crippen molar-refractivity contribution in [2.45, 2.75) is 52.1 Å². The van der Waals surface area contributed by atoms with Crippen LogP contribution in [0, 0.1) is 5.92 Å². The van der Waals surface area contributed by atoms with Gasteiger partial charge in [-0.25, -0.2) is 4.57 Å². The summed E-state index contributed by atoms with van der Waals surface area (Å²) in [6.45, 7) is 3.86. The molecule has 1 aromatic carbocycles. The Bertz CT molecular complexity index is 544. The van der Waals surface area contributed by atoms with Gasteiger partial charge in [-0.05, 0) is 32.6 Å². The lowest BCUT2D eigenvalue weighted by molar-refractivity contribution is 0.0363. The Hall–Kier alpha value is -1.00. The molecule has 1 aliphatic carbocycles. The normalized spacial score (nSPS) is 17.6. The van der Waals surface area contributed by atoms with Crippen LogP contribution in [0.3, 0.4) is 0 Å². The fourth-order valence-corrected chi connectivity index (χ4v) is 4.48. The summed E-state index contributed by atoms with van der Waals surface area (Å²) in [5, 5.41) is 0. The number of Topliss-reactive ketones (excluding diaryl/α,β-unsaturated/α-hetero) is 1. The lowest BCUT2D eigenvalue weighted by Crippen LogP contribution is -2.33. The first-order chi connectivity index (χ1) is 11.6. The first kappa shape index (κ1) is 19.3. The maximum atomic E-state index is 13.0. The number of phosphoric ester groups is 1. The standard InChI is InChI=1S/C18H27O5P/c1-3-21-24(20,22-4-2)23-18(16-13-9-6-10-14-16)17(19)15-11-7-5-8-12-15/h5,7-8,11-12,16,18H,3-4,6,9-10,13-14H2,1-2H3. The van der Waals surface area contributed by atoms with Gasteiger partial charge in [0.2, 0.25) is 0 Å². The average Bonchev–Trinajstić information content (AvgIpc) is 2.61. The predicted molar refractivity (Wildman–Crippen MR) is 93.1 cm³/mol. The second-order valence-corrected chi connectivity index (χ2v) is 7.56. The van der Waals surface area contributed by atoms with Gasteiger partial charge in [0.25, 0.3) is 0 Å². The molecule has 0 saturated heterocycles. The molecule has 1 aliphatic rings. The van der Waals surface area contributed by atoms with Crippen molar-refractivity contribution < 1.29 is 22.9 Å².